The molecule has 0 aromatic carbocycles. The predicted molar refractivity (Wildman–Crippen MR) is 34.8 cm³/mol. The van der Waals surface area contributed by atoms with E-state index in [-0.39, 0.29) is 10.2 Å². The summed E-state index contributed by atoms with van der Waals surface area (Å²) in [5, 5.41) is 3.38. The molecule has 1 aliphatic rings. The van der Waals surface area contributed by atoms with E-state index in [4.69, 9.17) is 0 Å². The summed E-state index contributed by atoms with van der Waals surface area (Å²) in [5.74, 6) is 0. The molecule has 1 aliphatic heterocycles. The Morgan fingerprint density at radius 3 is 1.57 bits per heavy atom. The Morgan fingerprint density at radius 1 is 1.00 bits per heavy atom. The van der Waals surface area contributed by atoms with E-state index in [0.29, 0.717) is 0 Å². The van der Waals surface area contributed by atoms with Crippen molar-refractivity contribution in [2.75, 3.05) is 0 Å². The molecule has 0 aliphatic carbocycles. The van der Waals surface area contributed by atoms with Crippen LogP contribution in [0.5, 0.6) is 0 Å². The molecule has 0 aromatic heterocycles. The van der Waals surface area contributed by atoms with Gasteiger partial charge in [0.15, 0.2) is 0 Å². The molecule has 2 unspecified atom stereocenters. The smallest absolute Gasteiger partial charge is 0.129 e. The number of hydrogen-bond donors (Lipinski definition) is 3. The van der Waals surface area contributed by atoms with E-state index in [0.717, 1.165) is 0 Å². The summed E-state index contributed by atoms with van der Waals surface area (Å²) in [6.45, 7) is 0. The van der Waals surface area contributed by atoms with Gasteiger partial charge in [0, 0.05) is 0 Å². The second kappa shape index (κ2) is 2.41. The first kappa shape index (κ1) is 5.97. The molecule has 42 valence electrons. The van der Waals surface area contributed by atoms with Crippen LogP contribution in [0.15, 0.2) is 0 Å². The maximum atomic E-state index is 3.26. The molecule has 3 nitrogen and oxygen atoms in total. The average molecular weight is 231 g/mol. The molecule has 1 saturated heterocycles. The van der Waals surface area contributed by atoms with Gasteiger partial charge in [0.1, 0.15) is 10.2 Å². The molecule has 5 heteroatoms. The lowest BCUT2D eigenvalue weighted by Crippen LogP contribution is -2.28. The Balaban J connectivity index is 2.26. The highest BCUT2D eigenvalue weighted by molar-refractivity contribution is 9.10. The summed E-state index contributed by atoms with van der Waals surface area (Å²) < 4.78 is 0. The fourth-order valence-corrected chi connectivity index (χ4v) is 1.51. The minimum atomic E-state index is 0.178. The lowest BCUT2D eigenvalue weighted by Gasteiger charge is -1.95. The third kappa shape index (κ3) is 1.65. The first-order valence-corrected chi connectivity index (χ1v) is 3.67. The minimum absolute atomic E-state index is 0.178. The van der Waals surface area contributed by atoms with Gasteiger partial charge in [-0.15, -0.1) is 0 Å². The van der Waals surface area contributed by atoms with Crippen molar-refractivity contribution in [1.29, 1.82) is 0 Å². The van der Waals surface area contributed by atoms with Crippen molar-refractivity contribution in [3.05, 3.63) is 0 Å². The van der Waals surface area contributed by atoms with E-state index in [1.807, 2.05) is 0 Å². The van der Waals surface area contributed by atoms with Crippen LogP contribution < -0.4 is 16.2 Å². The fraction of sp³-hybridized carbons (Fsp3) is 1.00. The maximum absolute atomic E-state index is 3.26. The van der Waals surface area contributed by atoms with Crippen LogP contribution in [0.3, 0.4) is 0 Å². The first-order valence-electron chi connectivity index (χ1n) is 1.84. The SMILES string of the molecule is BrC1NNC(Br)N1. The van der Waals surface area contributed by atoms with Crippen molar-refractivity contribution in [1.82, 2.24) is 16.2 Å². The Morgan fingerprint density at radius 2 is 1.43 bits per heavy atom. The van der Waals surface area contributed by atoms with Gasteiger partial charge in [-0.2, -0.15) is 0 Å². The number of nitrogens with one attached hydrogen (secondary N) is 3. The average Bonchev–Trinajstić information content (AvgIpc) is 1.87. The lowest BCUT2D eigenvalue weighted by atomic mass is 11.1. The summed E-state index contributed by atoms with van der Waals surface area (Å²) in [4.78, 5) is 0. The van der Waals surface area contributed by atoms with E-state index < -0.39 is 0 Å². The summed E-state index contributed by atoms with van der Waals surface area (Å²) in [5.41, 5.74) is 5.76. The number of halogens is 2. The molecule has 2 atom stereocenters. The zero-order valence-electron chi connectivity index (χ0n) is 3.41. The Hall–Kier alpha value is 0.840. The third-order valence-electron chi connectivity index (χ3n) is 0.629. The summed E-state index contributed by atoms with van der Waals surface area (Å²) in [6.07, 6.45) is 0. The Kier molecular flexibility index (Phi) is 2.05. The zero-order chi connectivity index (χ0) is 5.28. The number of rotatable bonds is 0. The van der Waals surface area contributed by atoms with E-state index in [1.165, 1.54) is 0 Å². The monoisotopic (exact) mass is 229 g/mol. The molecule has 0 aromatic rings. The van der Waals surface area contributed by atoms with Crippen molar-refractivity contribution in [2.24, 2.45) is 0 Å². The van der Waals surface area contributed by atoms with Gasteiger partial charge in [-0.05, 0) is 0 Å². The quantitative estimate of drug-likeness (QED) is 0.407. The van der Waals surface area contributed by atoms with E-state index >= 15 is 0 Å². The molecule has 0 spiro atoms. The van der Waals surface area contributed by atoms with Gasteiger partial charge in [0.25, 0.3) is 0 Å². The van der Waals surface area contributed by atoms with Crippen molar-refractivity contribution in [2.45, 2.75) is 10.2 Å². The van der Waals surface area contributed by atoms with E-state index in [1.54, 1.807) is 0 Å². The second-order valence-corrected chi connectivity index (χ2v) is 3.01. The maximum Gasteiger partial charge on any atom is 0.129 e. The summed E-state index contributed by atoms with van der Waals surface area (Å²) in [6, 6.07) is 0. The minimum Gasteiger partial charge on any atom is -0.266 e. The molecule has 0 saturated carbocycles. The third-order valence-corrected chi connectivity index (χ3v) is 1.62. The molecule has 1 rings (SSSR count). The molecule has 1 heterocycles. The van der Waals surface area contributed by atoms with Crippen molar-refractivity contribution < 1.29 is 0 Å². The molecule has 1 fully saturated rings. The van der Waals surface area contributed by atoms with Crippen LogP contribution >= 0.6 is 31.9 Å². The van der Waals surface area contributed by atoms with E-state index in [9.17, 15) is 0 Å². The van der Waals surface area contributed by atoms with Crippen molar-refractivity contribution in [3.8, 4) is 0 Å². The van der Waals surface area contributed by atoms with Gasteiger partial charge in [-0.25, -0.2) is 10.9 Å². The van der Waals surface area contributed by atoms with E-state index in [2.05, 4.69) is 48.0 Å². The number of alkyl halides is 2. The number of hydrogen-bond acceptors (Lipinski definition) is 3. The summed E-state index contributed by atoms with van der Waals surface area (Å²) >= 11 is 6.53. The topological polar surface area (TPSA) is 36.1 Å². The van der Waals surface area contributed by atoms with Crippen LogP contribution in [0, 0.1) is 0 Å². The predicted octanol–water partition coefficient (Wildman–Crippen LogP) is 0.0408. The Bertz CT molecular complexity index is 60.0. The molecule has 0 radical (unpaired) electrons. The molecule has 0 bridgehead atoms. The molecule has 0 amide bonds. The van der Waals surface area contributed by atoms with Gasteiger partial charge in [-0.1, -0.05) is 31.9 Å². The molecular formula is C2H5Br2N3. The molecule has 7 heavy (non-hydrogen) atoms. The van der Waals surface area contributed by atoms with Crippen LogP contribution in [0.4, 0.5) is 0 Å². The number of hydrazine groups is 1. The highest BCUT2D eigenvalue weighted by Crippen LogP contribution is 2.00. The van der Waals surface area contributed by atoms with Crippen molar-refractivity contribution in [3.63, 3.8) is 0 Å². The van der Waals surface area contributed by atoms with Gasteiger partial charge in [0.2, 0.25) is 0 Å². The lowest BCUT2D eigenvalue weighted by molar-refractivity contribution is 0.661. The standard InChI is InChI=1S/C2H5Br2N3/c3-1-5-2(4)7-6-1/h1-2,5-7H. The molecule has 3 N–H and O–H groups in total. The summed E-state index contributed by atoms with van der Waals surface area (Å²) in [7, 11) is 0. The zero-order valence-corrected chi connectivity index (χ0v) is 6.58. The fourth-order valence-electron chi connectivity index (χ4n) is 0.358. The van der Waals surface area contributed by atoms with Gasteiger partial charge >= 0.3 is 0 Å². The van der Waals surface area contributed by atoms with Crippen LogP contribution in [-0.2, 0) is 0 Å². The Labute approximate surface area is 58.5 Å². The van der Waals surface area contributed by atoms with Gasteiger partial charge in [-0.3, -0.25) is 5.32 Å². The van der Waals surface area contributed by atoms with Crippen LogP contribution in [0.25, 0.3) is 0 Å². The van der Waals surface area contributed by atoms with Gasteiger partial charge < -0.3 is 0 Å². The highest BCUT2D eigenvalue weighted by Gasteiger charge is 2.15. The highest BCUT2D eigenvalue weighted by atomic mass is 79.9. The van der Waals surface area contributed by atoms with Crippen LogP contribution in [-0.4, -0.2) is 10.2 Å². The normalized spacial score (nSPS) is 42.0. The van der Waals surface area contributed by atoms with Crippen LogP contribution in [0.1, 0.15) is 0 Å². The molecular weight excluding hydrogens is 226 g/mol. The van der Waals surface area contributed by atoms with Crippen LogP contribution in [0.2, 0.25) is 0 Å². The second-order valence-electron chi connectivity index (χ2n) is 1.18. The largest absolute Gasteiger partial charge is 0.266 e. The first-order chi connectivity index (χ1) is 3.29. The van der Waals surface area contributed by atoms with Gasteiger partial charge in [0.05, 0.1) is 0 Å². The van der Waals surface area contributed by atoms with Crippen molar-refractivity contribution >= 4 is 31.9 Å².